The maximum absolute atomic E-state index is 12.3. The van der Waals surface area contributed by atoms with Gasteiger partial charge >= 0.3 is 0 Å². The quantitative estimate of drug-likeness (QED) is 0.476. The average Bonchev–Trinajstić information content (AvgIpc) is 2.52. The second-order valence-electron chi connectivity index (χ2n) is 5.78. The van der Waals surface area contributed by atoms with Crippen LogP contribution in [0.3, 0.4) is 0 Å². The number of H-pyrrole nitrogens is 1. The molecule has 0 aliphatic rings. The van der Waals surface area contributed by atoms with Gasteiger partial charge in [0.15, 0.2) is 10.9 Å². The third-order valence-electron chi connectivity index (χ3n) is 3.52. The molecule has 0 saturated carbocycles. The second kappa shape index (κ2) is 8.11. The first kappa shape index (κ1) is 17.5. The van der Waals surface area contributed by atoms with Crippen LogP contribution >= 0.6 is 11.8 Å². The number of thioether (sulfide) groups is 1. The van der Waals surface area contributed by atoms with Crippen molar-refractivity contribution in [3.63, 3.8) is 0 Å². The van der Waals surface area contributed by atoms with E-state index in [0.717, 1.165) is 18.5 Å². The minimum absolute atomic E-state index is 0.0360. The fraction of sp³-hybridized carbons (Fsp3) is 0.389. The lowest BCUT2D eigenvalue weighted by molar-refractivity contribution is 0.102. The van der Waals surface area contributed by atoms with Crippen LogP contribution in [-0.2, 0) is 6.42 Å². The SMILES string of the molecule is CCCc1cc(=O)[nH]c(SCC(=O)c2ccc(C(C)C)cc2)n1. The first-order valence-corrected chi connectivity index (χ1v) is 8.84. The number of aryl methyl sites for hydroxylation is 1. The van der Waals surface area contributed by atoms with Crippen LogP contribution in [0.25, 0.3) is 0 Å². The van der Waals surface area contributed by atoms with Crippen molar-refractivity contribution < 1.29 is 4.79 Å². The number of aromatic nitrogens is 2. The third kappa shape index (κ3) is 5.06. The molecule has 0 radical (unpaired) electrons. The highest BCUT2D eigenvalue weighted by Crippen LogP contribution is 2.18. The van der Waals surface area contributed by atoms with E-state index in [1.165, 1.54) is 23.4 Å². The largest absolute Gasteiger partial charge is 0.301 e. The number of ketones is 1. The van der Waals surface area contributed by atoms with E-state index in [-0.39, 0.29) is 17.1 Å². The molecule has 0 fully saturated rings. The Balaban J connectivity index is 2.02. The van der Waals surface area contributed by atoms with Gasteiger partial charge in [-0.2, -0.15) is 0 Å². The maximum atomic E-state index is 12.3. The van der Waals surface area contributed by atoms with Crippen LogP contribution in [0.5, 0.6) is 0 Å². The Morgan fingerprint density at radius 3 is 2.57 bits per heavy atom. The summed E-state index contributed by atoms with van der Waals surface area (Å²) in [6.45, 7) is 6.29. The van der Waals surface area contributed by atoms with Crippen LogP contribution in [0.4, 0.5) is 0 Å². The zero-order chi connectivity index (χ0) is 16.8. The number of nitrogens with zero attached hydrogens (tertiary/aromatic N) is 1. The molecular formula is C18H22N2O2S. The summed E-state index contributed by atoms with van der Waals surface area (Å²) in [5.74, 6) is 0.748. The number of rotatable bonds is 7. The average molecular weight is 330 g/mol. The summed E-state index contributed by atoms with van der Waals surface area (Å²) in [4.78, 5) is 30.9. The van der Waals surface area contributed by atoms with E-state index < -0.39 is 0 Å². The standard InChI is InChI=1S/C18H22N2O2S/c1-4-5-15-10-17(22)20-18(19-15)23-11-16(21)14-8-6-13(7-9-14)12(2)3/h6-10,12H,4-5,11H2,1-3H3,(H,19,20,22). The summed E-state index contributed by atoms with van der Waals surface area (Å²) in [6, 6.07) is 9.22. The summed E-state index contributed by atoms with van der Waals surface area (Å²) in [5, 5.41) is 0.508. The fourth-order valence-electron chi connectivity index (χ4n) is 2.21. The molecule has 4 nitrogen and oxygen atoms in total. The van der Waals surface area contributed by atoms with Crippen molar-refractivity contribution in [1.29, 1.82) is 0 Å². The van der Waals surface area contributed by atoms with Crippen molar-refractivity contribution in [3.8, 4) is 0 Å². The molecule has 1 aromatic carbocycles. The van der Waals surface area contributed by atoms with E-state index in [1.807, 2.05) is 31.2 Å². The molecule has 2 aromatic rings. The highest BCUT2D eigenvalue weighted by Gasteiger charge is 2.09. The van der Waals surface area contributed by atoms with Crippen LogP contribution in [0.1, 0.15) is 54.7 Å². The molecule has 2 rings (SSSR count). The Morgan fingerprint density at radius 1 is 1.26 bits per heavy atom. The Kier molecular flexibility index (Phi) is 6.16. The molecule has 0 bridgehead atoms. The van der Waals surface area contributed by atoms with Crippen LogP contribution < -0.4 is 5.56 Å². The Hall–Kier alpha value is -1.88. The Bertz CT molecular complexity index is 721. The minimum atomic E-state index is -0.167. The summed E-state index contributed by atoms with van der Waals surface area (Å²) in [7, 11) is 0. The van der Waals surface area contributed by atoms with Gasteiger partial charge in [-0.3, -0.25) is 9.59 Å². The predicted octanol–water partition coefficient (Wildman–Crippen LogP) is 3.82. The van der Waals surface area contributed by atoms with Crippen molar-refractivity contribution in [3.05, 3.63) is 57.5 Å². The number of aromatic amines is 1. The van der Waals surface area contributed by atoms with Crippen LogP contribution in [0, 0.1) is 0 Å². The maximum Gasteiger partial charge on any atom is 0.251 e. The van der Waals surface area contributed by atoms with Crippen LogP contribution in [0.15, 0.2) is 40.3 Å². The number of hydrogen-bond acceptors (Lipinski definition) is 4. The highest BCUT2D eigenvalue weighted by atomic mass is 32.2. The fourth-order valence-corrected chi connectivity index (χ4v) is 3.00. The molecule has 1 N–H and O–H groups in total. The molecule has 122 valence electrons. The van der Waals surface area contributed by atoms with Gasteiger partial charge in [-0.05, 0) is 17.9 Å². The second-order valence-corrected chi connectivity index (χ2v) is 6.74. The van der Waals surface area contributed by atoms with Gasteiger partial charge in [-0.25, -0.2) is 4.98 Å². The van der Waals surface area contributed by atoms with E-state index in [2.05, 4.69) is 23.8 Å². The molecule has 0 amide bonds. The van der Waals surface area contributed by atoms with E-state index in [1.54, 1.807) is 0 Å². The van der Waals surface area contributed by atoms with E-state index in [0.29, 0.717) is 16.6 Å². The molecule has 0 atom stereocenters. The first-order valence-electron chi connectivity index (χ1n) is 7.85. The number of carbonyl (C=O) groups is 1. The Morgan fingerprint density at radius 2 is 1.96 bits per heavy atom. The Labute approximate surface area is 140 Å². The van der Waals surface area contributed by atoms with Gasteiger partial charge in [0.1, 0.15) is 0 Å². The van der Waals surface area contributed by atoms with Gasteiger partial charge in [-0.15, -0.1) is 0 Å². The van der Waals surface area contributed by atoms with Gasteiger partial charge in [0.25, 0.3) is 5.56 Å². The van der Waals surface area contributed by atoms with Gasteiger partial charge < -0.3 is 4.98 Å². The molecule has 5 heteroatoms. The molecule has 0 aliphatic carbocycles. The van der Waals surface area contributed by atoms with Crippen LogP contribution in [0.2, 0.25) is 0 Å². The van der Waals surface area contributed by atoms with Crippen molar-refractivity contribution >= 4 is 17.5 Å². The highest BCUT2D eigenvalue weighted by molar-refractivity contribution is 7.99. The van der Waals surface area contributed by atoms with Gasteiger partial charge in [-0.1, -0.05) is 63.2 Å². The monoisotopic (exact) mass is 330 g/mol. The van der Waals surface area contributed by atoms with E-state index >= 15 is 0 Å². The molecule has 23 heavy (non-hydrogen) atoms. The number of Topliss-reactive ketones (excluding diaryl/α,β-unsaturated/α-hetero) is 1. The molecule has 0 aliphatic heterocycles. The smallest absolute Gasteiger partial charge is 0.251 e. The topological polar surface area (TPSA) is 62.8 Å². The summed E-state index contributed by atoms with van der Waals surface area (Å²) in [6.07, 6.45) is 1.70. The zero-order valence-electron chi connectivity index (χ0n) is 13.8. The van der Waals surface area contributed by atoms with Crippen molar-refractivity contribution in [2.24, 2.45) is 0 Å². The first-order chi connectivity index (χ1) is 11.0. The minimum Gasteiger partial charge on any atom is -0.301 e. The van der Waals surface area contributed by atoms with Crippen molar-refractivity contribution in [2.45, 2.75) is 44.7 Å². The predicted molar refractivity (Wildman–Crippen MR) is 94.4 cm³/mol. The third-order valence-corrected chi connectivity index (χ3v) is 4.39. The molecule has 0 spiro atoms. The van der Waals surface area contributed by atoms with E-state index in [9.17, 15) is 9.59 Å². The lowest BCUT2D eigenvalue weighted by Gasteiger charge is -2.06. The lowest BCUT2D eigenvalue weighted by atomic mass is 10.0. The lowest BCUT2D eigenvalue weighted by Crippen LogP contribution is -2.11. The summed E-state index contributed by atoms with van der Waals surface area (Å²) in [5.41, 5.74) is 2.51. The van der Waals surface area contributed by atoms with Gasteiger partial charge in [0.2, 0.25) is 0 Å². The van der Waals surface area contributed by atoms with E-state index in [4.69, 9.17) is 0 Å². The molecule has 0 saturated heterocycles. The number of nitrogens with one attached hydrogen (secondary N) is 1. The summed E-state index contributed by atoms with van der Waals surface area (Å²) < 4.78 is 0. The molecule has 1 aromatic heterocycles. The number of hydrogen-bond donors (Lipinski definition) is 1. The normalized spacial score (nSPS) is 11.0. The van der Waals surface area contributed by atoms with Gasteiger partial charge in [0, 0.05) is 17.3 Å². The van der Waals surface area contributed by atoms with Gasteiger partial charge in [0.05, 0.1) is 5.75 Å². The summed E-state index contributed by atoms with van der Waals surface area (Å²) >= 11 is 1.27. The number of benzene rings is 1. The van der Waals surface area contributed by atoms with Crippen molar-refractivity contribution in [2.75, 3.05) is 5.75 Å². The van der Waals surface area contributed by atoms with Crippen LogP contribution in [-0.4, -0.2) is 21.5 Å². The molecule has 1 heterocycles. The zero-order valence-corrected chi connectivity index (χ0v) is 14.6. The number of carbonyl (C=O) groups excluding carboxylic acids is 1. The molecule has 0 unspecified atom stereocenters. The molecular weight excluding hydrogens is 308 g/mol. The van der Waals surface area contributed by atoms with Crippen molar-refractivity contribution in [1.82, 2.24) is 9.97 Å².